The Hall–Kier alpha value is -2.66. The Bertz CT molecular complexity index is 1370. The summed E-state index contributed by atoms with van der Waals surface area (Å²) in [6.45, 7) is 4.07. The van der Waals surface area contributed by atoms with E-state index in [-0.39, 0.29) is 25.2 Å². The highest BCUT2D eigenvalue weighted by molar-refractivity contribution is 5.70. The Balaban J connectivity index is 3.41. The minimum Gasteiger partial charge on any atom is -0.462 e. The molecule has 0 saturated heterocycles. The number of hydrogen-bond acceptors (Lipinski definition) is 5. The van der Waals surface area contributed by atoms with Gasteiger partial charge in [-0.1, -0.05) is 337 Å². The maximum atomic E-state index is 12.4. The topological polar surface area (TPSA) is 72.8 Å². The lowest BCUT2D eigenvalue weighted by atomic mass is 10.0. The van der Waals surface area contributed by atoms with Gasteiger partial charge in [0.1, 0.15) is 6.61 Å². The highest BCUT2D eigenvalue weighted by atomic mass is 16.6. The number of allylic oxidation sites excluding steroid dienone is 12. The molecule has 1 N–H and O–H groups in total. The molecule has 0 aliphatic heterocycles. The van der Waals surface area contributed by atoms with Gasteiger partial charge < -0.3 is 14.6 Å². The second-order valence-corrected chi connectivity index (χ2v) is 23.2. The van der Waals surface area contributed by atoms with E-state index < -0.39 is 6.10 Å². The van der Waals surface area contributed by atoms with Gasteiger partial charge >= 0.3 is 11.9 Å². The van der Waals surface area contributed by atoms with Crippen LogP contribution in [0.2, 0.25) is 0 Å². The first-order valence-corrected chi connectivity index (χ1v) is 34.5. The number of esters is 2. The molecule has 0 heterocycles. The molecule has 0 aromatic rings. The van der Waals surface area contributed by atoms with Crippen molar-refractivity contribution in [2.24, 2.45) is 0 Å². The molecule has 0 spiro atoms. The third-order valence-corrected chi connectivity index (χ3v) is 15.5. The molecular weight excluding hydrogens is 957 g/mol. The summed E-state index contributed by atoms with van der Waals surface area (Å²) in [4.78, 5) is 24.6. The van der Waals surface area contributed by atoms with Crippen LogP contribution in [0.5, 0.6) is 0 Å². The van der Waals surface area contributed by atoms with Crippen LogP contribution in [0.15, 0.2) is 72.9 Å². The lowest BCUT2D eigenvalue weighted by molar-refractivity contribution is -0.161. The Morgan fingerprint density at radius 2 is 0.551 bits per heavy atom. The van der Waals surface area contributed by atoms with Gasteiger partial charge in [-0.25, -0.2) is 0 Å². The van der Waals surface area contributed by atoms with Gasteiger partial charge in [-0.15, -0.1) is 0 Å². The number of ether oxygens (including phenoxy) is 2. The van der Waals surface area contributed by atoms with Gasteiger partial charge in [0.05, 0.1) is 6.61 Å². The van der Waals surface area contributed by atoms with Crippen LogP contribution in [0.4, 0.5) is 0 Å². The van der Waals surface area contributed by atoms with Gasteiger partial charge in [-0.3, -0.25) is 9.59 Å². The van der Waals surface area contributed by atoms with Crippen molar-refractivity contribution in [2.45, 2.75) is 367 Å². The van der Waals surface area contributed by atoms with Gasteiger partial charge in [0, 0.05) is 12.8 Å². The highest BCUT2D eigenvalue weighted by Crippen LogP contribution is 2.18. The summed E-state index contributed by atoms with van der Waals surface area (Å²) in [7, 11) is 0. The summed E-state index contributed by atoms with van der Waals surface area (Å²) in [5.41, 5.74) is 0. The van der Waals surface area contributed by atoms with Crippen LogP contribution in [0.3, 0.4) is 0 Å². The normalized spacial score (nSPS) is 12.6. The van der Waals surface area contributed by atoms with Crippen LogP contribution in [0.1, 0.15) is 361 Å². The largest absolute Gasteiger partial charge is 0.462 e. The van der Waals surface area contributed by atoms with E-state index in [1.54, 1.807) is 0 Å². The second kappa shape index (κ2) is 68.6. The third-order valence-electron chi connectivity index (χ3n) is 15.5. The Kier molecular flexibility index (Phi) is 66.3. The van der Waals surface area contributed by atoms with E-state index in [2.05, 4.69) is 86.8 Å². The summed E-state index contributed by atoms with van der Waals surface area (Å²) < 4.78 is 10.8. The van der Waals surface area contributed by atoms with Gasteiger partial charge in [-0.2, -0.15) is 0 Å². The summed E-state index contributed by atoms with van der Waals surface area (Å²) in [6.07, 6.45) is 95.1. The molecule has 0 aromatic heterocycles. The smallest absolute Gasteiger partial charge is 0.306 e. The van der Waals surface area contributed by atoms with Gasteiger partial charge in [0.2, 0.25) is 0 Å². The monoisotopic (exact) mass is 1090 g/mol. The molecule has 0 fully saturated rings. The highest BCUT2D eigenvalue weighted by Gasteiger charge is 2.16. The third kappa shape index (κ3) is 65.9. The van der Waals surface area contributed by atoms with Crippen molar-refractivity contribution >= 4 is 11.9 Å². The van der Waals surface area contributed by atoms with E-state index in [9.17, 15) is 14.7 Å². The van der Waals surface area contributed by atoms with Crippen LogP contribution in [-0.2, 0) is 19.1 Å². The molecule has 0 aromatic carbocycles. The van der Waals surface area contributed by atoms with Crippen LogP contribution < -0.4 is 0 Å². The fourth-order valence-electron chi connectivity index (χ4n) is 10.3. The Morgan fingerprint density at radius 1 is 0.308 bits per heavy atom. The zero-order valence-electron chi connectivity index (χ0n) is 52.2. The Morgan fingerprint density at radius 3 is 0.833 bits per heavy atom. The molecule has 5 nitrogen and oxygen atoms in total. The fourth-order valence-corrected chi connectivity index (χ4v) is 10.3. The summed E-state index contributed by atoms with van der Waals surface area (Å²) in [5.74, 6) is -0.572. The minimum absolute atomic E-state index is 0.0622. The number of rotatable bonds is 64. The zero-order valence-corrected chi connectivity index (χ0v) is 52.2. The minimum atomic E-state index is -0.773. The number of carbonyl (C=O) groups is 2. The maximum absolute atomic E-state index is 12.4. The first-order chi connectivity index (χ1) is 38.6. The van der Waals surface area contributed by atoms with E-state index in [0.717, 1.165) is 70.6 Å². The van der Waals surface area contributed by atoms with Crippen LogP contribution in [0, 0.1) is 0 Å². The number of aliphatic hydroxyl groups is 1. The summed E-state index contributed by atoms with van der Waals surface area (Å²) >= 11 is 0. The Labute approximate surface area is 486 Å². The number of carbonyl (C=O) groups excluding carboxylic acids is 2. The first-order valence-electron chi connectivity index (χ1n) is 34.5. The van der Waals surface area contributed by atoms with E-state index in [1.165, 1.54) is 263 Å². The summed E-state index contributed by atoms with van der Waals surface area (Å²) in [6, 6.07) is 0. The maximum Gasteiger partial charge on any atom is 0.306 e. The lowest BCUT2D eigenvalue weighted by Gasteiger charge is -2.15. The van der Waals surface area contributed by atoms with Gasteiger partial charge in [0.15, 0.2) is 6.10 Å². The van der Waals surface area contributed by atoms with E-state index in [0.29, 0.717) is 12.8 Å². The molecule has 1 unspecified atom stereocenters. The molecule has 0 aliphatic rings. The molecule has 0 saturated carbocycles. The molecule has 0 bridgehead atoms. The molecule has 5 heteroatoms. The van der Waals surface area contributed by atoms with Crippen molar-refractivity contribution in [3.05, 3.63) is 72.9 Å². The average Bonchev–Trinajstić information content (AvgIpc) is 3.44. The molecule has 0 radical (unpaired) electrons. The predicted molar refractivity (Wildman–Crippen MR) is 343 cm³/mol. The average molecular weight is 1090 g/mol. The molecule has 454 valence electrons. The van der Waals surface area contributed by atoms with Crippen LogP contribution in [0.25, 0.3) is 0 Å². The SMILES string of the molecule is CC/C=C\C/C=C\C/C=C\C/C=C\CCCCCCCCCCCCCCCCCCCCC(=O)OC(CO)COC(=O)CCCCCCCCCCCCCCCCCCCCCCC/C=C\C/C=C\CCCCCCC. The molecule has 0 rings (SSSR count). The van der Waals surface area contributed by atoms with Crippen molar-refractivity contribution in [3.8, 4) is 0 Å². The van der Waals surface area contributed by atoms with E-state index >= 15 is 0 Å². The van der Waals surface area contributed by atoms with E-state index in [4.69, 9.17) is 9.47 Å². The van der Waals surface area contributed by atoms with Crippen molar-refractivity contribution in [3.63, 3.8) is 0 Å². The van der Waals surface area contributed by atoms with Crippen molar-refractivity contribution in [2.75, 3.05) is 13.2 Å². The molecular formula is C73H132O5. The molecule has 1 atom stereocenters. The van der Waals surface area contributed by atoms with E-state index in [1.807, 2.05) is 0 Å². The zero-order chi connectivity index (χ0) is 56.2. The van der Waals surface area contributed by atoms with Gasteiger partial charge in [0.25, 0.3) is 0 Å². The summed E-state index contributed by atoms with van der Waals surface area (Å²) in [5, 5.41) is 9.70. The molecule has 0 amide bonds. The van der Waals surface area contributed by atoms with Crippen molar-refractivity contribution in [1.29, 1.82) is 0 Å². The van der Waals surface area contributed by atoms with Crippen molar-refractivity contribution < 1.29 is 24.2 Å². The number of hydrogen-bond donors (Lipinski definition) is 1. The fraction of sp³-hybridized carbons (Fsp3) is 0.808. The second-order valence-electron chi connectivity index (χ2n) is 23.2. The lowest BCUT2D eigenvalue weighted by Crippen LogP contribution is -2.28. The first kappa shape index (κ1) is 75.3. The van der Waals surface area contributed by atoms with Gasteiger partial charge in [-0.05, 0) is 83.5 Å². The molecule has 0 aliphatic carbocycles. The molecule has 78 heavy (non-hydrogen) atoms. The number of unbranched alkanes of at least 4 members (excludes halogenated alkanes) is 44. The van der Waals surface area contributed by atoms with Crippen molar-refractivity contribution in [1.82, 2.24) is 0 Å². The number of aliphatic hydroxyl groups excluding tert-OH is 1. The van der Waals surface area contributed by atoms with Crippen LogP contribution in [-0.4, -0.2) is 36.4 Å². The van der Waals surface area contributed by atoms with Crippen LogP contribution >= 0.6 is 0 Å². The standard InChI is InChI=1S/C73H132O5/c1-3-5-7-9-11-13-15-17-19-21-23-25-27-29-31-33-35-36-38-39-41-43-45-47-49-51-53-55-57-59-61-63-65-67-72(75)77-70-71(69-74)78-73(76)68-66-64-62-60-58-56-54-52-50-48-46-44-42-40-37-34-32-30-28-26-24-22-20-18-16-14-12-10-8-6-4-2/h6,8,12,14-15,17-18,20-21,23-24,26,71,74H,3-5,7,9-11,13,16,19,22,25,27-70H2,1-2H3/b8-6-,14-12-,17-15-,20-18-,23-21-,26-24-. The predicted octanol–water partition coefficient (Wildman–Crippen LogP) is 23.9. The quantitative estimate of drug-likeness (QED) is 0.0373.